The maximum atomic E-state index is 11.8. The van der Waals surface area contributed by atoms with Crippen LogP contribution in [0.15, 0.2) is 5.16 Å². The van der Waals surface area contributed by atoms with Crippen LogP contribution in [0.5, 0.6) is 0 Å². The molecule has 0 aliphatic rings. The van der Waals surface area contributed by atoms with Crippen molar-refractivity contribution in [3.63, 3.8) is 0 Å². The summed E-state index contributed by atoms with van der Waals surface area (Å²) in [4.78, 5) is 0. The first kappa shape index (κ1) is 14.4. The molecule has 4 nitrogen and oxygen atoms in total. The normalized spacial score (nSPS) is 11.7. The average molecular weight is 265 g/mol. The molecule has 0 saturated heterocycles. The van der Waals surface area contributed by atoms with Gasteiger partial charge in [-0.25, -0.2) is 8.78 Å². The summed E-state index contributed by atoms with van der Waals surface area (Å²) < 4.78 is 30.3. The second-order valence-electron chi connectivity index (χ2n) is 3.87. The van der Waals surface area contributed by atoms with Crippen LogP contribution in [0.2, 0.25) is 0 Å². The lowest BCUT2D eigenvalue weighted by molar-refractivity contribution is 0.0237. The predicted octanol–water partition coefficient (Wildman–Crippen LogP) is 2.31. The fourth-order valence-corrected chi connectivity index (χ4v) is 2.09. The van der Waals surface area contributed by atoms with Crippen LogP contribution in [-0.2, 0) is 11.8 Å². The van der Waals surface area contributed by atoms with Gasteiger partial charge < -0.3 is 9.30 Å². The summed E-state index contributed by atoms with van der Waals surface area (Å²) in [6.07, 6.45) is -2.40. The fraction of sp³-hybridized carbons (Fsp3) is 0.800. The highest BCUT2D eigenvalue weighted by atomic mass is 32.2. The second kappa shape index (κ2) is 6.90. The van der Waals surface area contributed by atoms with Gasteiger partial charge in [-0.3, -0.25) is 0 Å². The van der Waals surface area contributed by atoms with Gasteiger partial charge in [-0.2, -0.15) is 0 Å². The average Bonchev–Trinajstić information content (AvgIpc) is 2.59. The van der Waals surface area contributed by atoms with Crippen LogP contribution in [0.4, 0.5) is 8.78 Å². The van der Waals surface area contributed by atoms with E-state index >= 15 is 0 Å². The van der Waals surface area contributed by atoms with Crippen LogP contribution in [0, 0.1) is 0 Å². The minimum Gasteiger partial charge on any atom is -0.375 e. The van der Waals surface area contributed by atoms with Gasteiger partial charge in [0.2, 0.25) is 0 Å². The van der Waals surface area contributed by atoms with Crippen LogP contribution in [0.1, 0.15) is 25.6 Å². The molecule has 0 amide bonds. The Morgan fingerprint density at radius 2 is 2.06 bits per heavy atom. The highest BCUT2D eigenvalue weighted by Crippen LogP contribution is 2.19. The molecule has 0 N–H and O–H groups in total. The number of thioether (sulfide) groups is 1. The lowest BCUT2D eigenvalue weighted by Crippen LogP contribution is -2.07. The predicted molar refractivity (Wildman–Crippen MR) is 62.6 cm³/mol. The Hall–Kier alpha value is -0.690. The molecular formula is C10H17F2N3OS. The number of ether oxygens (including phenoxy) is 1. The van der Waals surface area contributed by atoms with Gasteiger partial charge in [-0.1, -0.05) is 25.6 Å². The molecule has 1 aromatic heterocycles. The lowest BCUT2D eigenvalue weighted by Gasteiger charge is -2.06. The minimum absolute atomic E-state index is 0.291. The summed E-state index contributed by atoms with van der Waals surface area (Å²) >= 11 is 1.46. The largest absolute Gasteiger partial charge is 0.375 e. The molecular weight excluding hydrogens is 248 g/mol. The van der Waals surface area contributed by atoms with Crippen LogP contribution >= 0.6 is 11.8 Å². The molecule has 17 heavy (non-hydrogen) atoms. The van der Waals surface area contributed by atoms with E-state index < -0.39 is 13.0 Å². The molecule has 0 aromatic carbocycles. The molecule has 0 spiro atoms. The first-order valence-corrected chi connectivity index (χ1v) is 6.39. The Balaban J connectivity index is 2.32. The second-order valence-corrected chi connectivity index (χ2v) is 4.93. The van der Waals surface area contributed by atoms with Crippen molar-refractivity contribution in [1.29, 1.82) is 0 Å². The highest BCUT2D eigenvalue weighted by Gasteiger charge is 2.11. The SMILES string of the molecule is CC(C)c1nnc(SCCOCC(F)F)n1C. The number of hydrogen-bond donors (Lipinski definition) is 0. The van der Waals surface area contributed by atoms with Crippen molar-refractivity contribution >= 4 is 11.8 Å². The van der Waals surface area contributed by atoms with Gasteiger partial charge in [0.1, 0.15) is 12.4 Å². The molecule has 98 valence electrons. The van der Waals surface area contributed by atoms with Gasteiger partial charge in [0.25, 0.3) is 6.43 Å². The zero-order chi connectivity index (χ0) is 12.8. The number of aromatic nitrogens is 3. The van der Waals surface area contributed by atoms with Gasteiger partial charge in [-0.15, -0.1) is 10.2 Å². The third-order valence-corrected chi connectivity index (χ3v) is 3.07. The Labute approximate surface area is 104 Å². The fourth-order valence-electron chi connectivity index (χ4n) is 1.32. The van der Waals surface area contributed by atoms with Crippen LogP contribution in [0.25, 0.3) is 0 Å². The molecule has 0 atom stereocenters. The lowest BCUT2D eigenvalue weighted by atomic mass is 10.2. The van der Waals surface area contributed by atoms with Gasteiger partial charge in [0.15, 0.2) is 5.16 Å². The van der Waals surface area contributed by atoms with E-state index in [1.807, 2.05) is 25.5 Å². The Morgan fingerprint density at radius 3 is 2.59 bits per heavy atom. The number of nitrogens with zero attached hydrogens (tertiary/aromatic N) is 3. The maximum absolute atomic E-state index is 11.8. The molecule has 1 aromatic rings. The van der Waals surface area contributed by atoms with Gasteiger partial charge >= 0.3 is 0 Å². The van der Waals surface area contributed by atoms with Crippen molar-refractivity contribution < 1.29 is 13.5 Å². The number of rotatable bonds is 7. The van der Waals surface area contributed by atoms with Crippen LogP contribution < -0.4 is 0 Å². The molecule has 0 aliphatic heterocycles. The highest BCUT2D eigenvalue weighted by molar-refractivity contribution is 7.99. The first-order valence-electron chi connectivity index (χ1n) is 5.40. The third-order valence-electron chi connectivity index (χ3n) is 2.09. The summed E-state index contributed by atoms with van der Waals surface area (Å²) in [6, 6.07) is 0. The summed E-state index contributed by atoms with van der Waals surface area (Å²) in [6.45, 7) is 3.88. The van der Waals surface area contributed by atoms with Gasteiger partial charge in [-0.05, 0) is 0 Å². The monoisotopic (exact) mass is 265 g/mol. The quantitative estimate of drug-likeness (QED) is 0.560. The van der Waals surface area contributed by atoms with E-state index in [2.05, 4.69) is 10.2 Å². The maximum Gasteiger partial charge on any atom is 0.261 e. The van der Waals surface area contributed by atoms with Crippen molar-refractivity contribution in [3.05, 3.63) is 5.82 Å². The molecule has 0 fully saturated rings. The zero-order valence-electron chi connectivity index (χ0n) is 10.2. The van der Waals surface area contributed by atoms with E-state index in [4.69, 9.17) is 4.74 Å². The van der Waals surface area contributed by atoms with E-state index in [1.54, 1.807) is 0 Å². The van der Waals surface area contributed by atoms with Crippen molar-refractivity contribution in [2.45, 2.75) is 31.3 Å². The Bertz CT molecular complexity index is 344. The van der Waals surface area contributed by atoms with E-state index in [-0.39, 0.29) is 0 Å². The first-order chi connectivity index (χ1) is 8.02. The van der Waals surface area contributed by atoms with Crippen molar-refractivity contribution in [2.75, 3.05) is 19.0 Å². The molecule has 0 radical (unpaired) electrons. The topological polar surface area (TPSA) is 39.9 Å². The van der Waals surface area contributed by atoms with Gasteiger partial charge in [0, 0.05) is 18.7 Å². The summed E-state index contributed by atoms with van der Waals surface area (Å²) in [7, 11) is 1.90. The van der Waals surface area contributed by atoms with Crippen LogP contribution in [0.3, 0.4) is 0 Å². The summed E-state index contributed by atoms with van der Waals surface area (Å²) in [5, 5.41) is 8.90. The molecule has 1 heterocycles. The number of hydrogen-bond acceptors (Lipinski definition) is 4. The van der Waals surface area contributed by atoms with Crippen molar-refractivity contribution in [2.24, 2.45) is 7.05 Å². The Morgan fingerprint density at radius 1 is 1.35 bits per heavy atom. The van der Waals surface area contributed by atoms with E-state index in [9.17, 15) is 8.78 Å². The standard InChI is InChI=1S/C10H17F2N3OS/c1-7(2)9-13-14-10(15(9)3)17-5-4-16-6-8(11)12/h7-8H,4-6H2,1-3H3. The zero-order valence-corrected chi connectivity index (χ0v) is 11.0. The molecule has 0 unspecified atom stereocenters. The van der Waals surface area contributed by atoms with E-state index in [0.717, 1.165) is 11.0 Å². The minimum atomic E-state index is -2.40. The molecule has 7 heteroatoms. The van der Waals surface area contributed by atoms with Gasteiger partial charge in [0.05, 0.1) is 6.61 Å². The summed E-state index contributed by atoms with van der Waals surface area (Å²) in [5.74, 6) is 1.83. The van der Waals surface area contributed by atoms with Crippen molar-refractivity contribution in [1.82, 2.24) is 14.8 Å². The molecule has 0 saturated carbocycles. The van der Waals surface area contributed by atoms with Crippen molar-refractivity contribution in [3.8, 4) is 0 Å². The number of alkyl halides is 2. The Kier molecular flexibility index (Phi) is 5.84. The number of halogens is 2. The third kappa shape index (κ3) is 4.59. The van der Waals surface area contributed by atoms with E-state index in [0.29, 0.717) is 18.3 Å². The molecule has 1 rings (SSSR count). The smallest absolute Gasteiger partial charge is 0.261 e. The molecule has 0 bridgehead atoms. The molecule has 0 aliphatic carbocycles. The summed E-state index contributed by atoms with van der Waals surface area (Å²) in [5.41, 5.74) is 0. The van der Waals surface area contributed by atoms with Crippen LogP contribution in [-0.4, -0.2) is 40.2 Å². The van der Waals surface area contributed by atoms with E-state index in [1.165, 1.54) is 11.8 Å².